The largest absolute Gasteiger partial charge is 0.508 e. The molecule has 1 aromatic carbocycles. The lowest BCUT2D eigenvalue weighted by molar-refractivity contribution is -0.120. The molecular weight excluding hydrogens is 242 g/mol. The van der Waals surface area contributed by atoms with Gasteiger partial charge in [0.2, 0.25) is 5.91 Å². The molecule has 1 rings (SSSR count). The van der Waals surface area contributed by atoms with Crippen molar-refractivity contribution in [1.82, 2.24) is 5.32 Å². The molecule has 4 nitrogen and oxygen atoms in total. The maximum atomic E-state index is 11.7. The average molecular weight is 265 g/mol. The van der Waals surface area contributed by atoms with Crippen molar-refractivity contribution < 1.29 is 14.6 Å². The third-order valence-corrected chi connectivity index (χ3v) is 2.99. The van der Waals surface area contributed by atoms with Crippen LogP contribution in [-0.4, -0.2) is 24.7 Å². The number of nitrogens with one attached hydrogen (secondary N) is 1. The van der Waals surface area contributed by atoms with E-state index in [1.807, 2.05) is 0 Å². The van der Waals surface area contributed by atoms with Crippen molar-refractivity contribution in [1.29, 1.82) is 0 Å². The normalized spacial score (nSPS) is 10.2. The van der Waals surface area contributed by atoms with Crippen LogP contribution in [0.25, 0.3) is 0 Å². The summed E-state index contributed by atoms with van der Waals surface area (Å²) < 4.78 is 5.07. The van der Waals surface area contributed by atoms with E-state index in [0.29, 0.717) is 17.9 Å². The number of benzene rings is 1. The van der Waals surface area contributed by atoms with Gasteiger partial charge in [-0.15, -0.1) is 0 Å². The molecule has 0 radical (unpaired) electrons. The minimum atomic E-state index is -0.0694. The standard InChI is InChI=1S/C15H23NO3/c1-3-4-5-6-9-16-15(18)11-12-10-13(19-2)7-8-14(12)17/h7-8,10,17H,3-6,9,11H2,1-2H3,(H,16,18). The number of carbonyl (C=O) groups excluding carboxylic acids is 1. The van der Waals surface area contributed by atoms with Gasteiger partial charge in [0, 0.05) is 12.1 Å². The molecule has 106 valence electrons. The Morgan fingerprint density at radius 3 is 2.79 bits per heavy atom. The van der Waals surface area contributed by atoms with Crippen LogP contribution in [0.3, 0.4) is 0 Å². The molecule has 1 aromatic rings. The first-order valence-electron chi connectivity index (χ1n) is 6.80. The van der Waals surface area contributed by atoms with Crippen molar-refractivity contribution in [3.05, 3.63) is 23.8 Å². The molecule has 0 bridgehead atoms. The predicted octanol–water partition coefficient (Wildman–Crippen LogP) is 2.64. The Labute approximate surface area is 114 Å². The smallest absolute Gasteiger partial charge is 0.224 e. The first kappa shape index (κ1) is 15.3. The van der Waals surface area contributed by atoms with Crippen LogP contribution in [0.5, 0.6) is 11.5 Å². The van der Waals surface area contributed by atoms with Crippen LogP contribution in [0.4, 0.5) is 0 Å². The topological polar surface area (TPSA) is 58.6 Å². The molecule has 0 aromatic heterocycles. The van der Waals surface area contributed by atoms with Crippen molar-refractivity contribution in [2.75, 3.05) is 13.7 Å². The summed E-state index contributed by atoms with van der Waals surface area (Å²) in [6, 6.07) is 4.90. The van der Waals surface area contributed by atoms with E-state index in [2.05, 4.69) is 12.2 Å². The Hall–Kier alpha value is -1.71. The number of rotatable bonds is 8. The molecule has 0 aliphatic heterocycles. The Kier molecular flexibility index (Phi) is 6.79. The highest BCUT2D eigenvalue weighted by Crippen LogP contribution is 2.23. The Morgan fingerprint density at radius 2 is 2.11 bits per heavy atom. The van der Waals surface area contributed by atoms with E-state index in [9.17, 15) is 9.90 Å². The zero-order valence-corrected chi connectivity index (χ0v) is 11.7. The van der Waals surface area contributed by atoms with Gasteiger partial charge >= 0.3 is 0 Å². The maximum Gasteiger partial charge on any atom is 0.224 e. The molecule has 0 unspecified atom stereocenters. The van der Waals surface area contributed by atoms with Gasteiger partial charge in [0.15, 0.2) is 0 Å². The van der Waals surface area contributed by atoms with Crippen LogP contribution in [0, 0.1) is 0 Å². The summed E-state index contributed by atoms with van der Waals surface area (Å²) in [5, 5.41) is 12.5. The van der Waals surface area contributed by atoms with Gasteiger partial charge in [-0.25, -0.2) is 0 Å². The number of aromatic hydroxyl groups is 1. The molecule has 0 saturated carbocycles. The van der Waals surface area contributed by atoms with Crippen LogP contribution >= 0.6 is 0 Å². The molecule has 19 heavy (non-hydrogen) atoms. The fourth-order valence-corrected chi connectivity index (χ4v) is 1.85. The number of hydrogen-bond donors (Lipinski definition) is 2. The molecule has 0 spiro atoms. The molecule has 4 heteroatoms. The second-order valence-electron chi connectivity index (χ2n) is 4.58. The van der Waals surface area contributed by atoms with E-state index in [1.165, 1.54) is 12.8 Å². The Bertz CT molecular complexity index is 404. The van der Waals surface area contributed by atoms with Crippen molar-refractivity contribution in [2.24, 2.45) is 0 Å². The number of carbonyl (C=O) groups is 1. The van der Waals surface area contributed by atoms with E-state index >= 15 is 0 Å². The van der Waals surface area contributed by atoms with Crippen LogP contribution in [0.1, 0.15) is 38.2 Å². The first-order valence-corrected chi connectivity index (χ1v) is 6.80. The first-order chi connectivity index (χ1) is 9.17. The molecule has 1 amide bonds. The van der Waals surface area contributed by atoms with Crippen LogP contribution in [0.15, 0.2) is 18.2 Å². The summed E-state index contributed by atoms with van der Waals surface area (Å²) in [6.45, 7) is 2.85. The predicted molar refractivity (Wildman–Crippen MR) is 75.5 cm³/mol. The number of hydrogen-bond acceptors (Lipinski definition) is 3. The highest BCUT2D eigenvalue weighted by Gasteiger charge is 2.08. The van der Waals surface area contributed by atoms with Gasteiger partial charge in [-0.1, -0.05) is 26.2 Å². The summed E-state index contributed by atoms with van der Waals surface area (Å²) in [7, 11) is 1.56. The minimum absolute atomic E-state index is 0.0694. The van der Waals surface area contributed by atoms with E-state index < -0.39 is 0 Å². The van der Waals surface area contributed by atoms with E-state index in [1.54, 1.807) is 25.3 Å². The lowest BCUT2D eigenvalue weighted by atomic mass is 10.1. The number of amides is 1. The zero-order valence-electron chi connectivity index (χ0n) is 11.7. The molecule has 0 atom stereocenters. The van der Waals surface area contributed by atoms with Gasteiger partial charge in [-0.2, -0.15) is 0 Å². The highest BCUT2D eigenvalue weighted by molar-refractivity contribution is 5.79. The van der Waals surface area contributed by atoms with Gasteiger partial charge in [-0.3, -0.25) is 4.79 Å². The highest BCUT2D eigenvalue weighted by atomic mass is 16.5. The van der Waals surface area contributed by atoms with Gasteiger partial charge < -0.3 is 15.2 Å². The van der Waals surface area contributed by atoms with Gasteiger partial charge in [0.1, 0.15) is 11.5 Å². The summed E-state index contributed by atoms with van der Waals surface area (Å²) in [5.41, 5.74) is 0.588. The monoisotopic (exact) mass is 265 g/mol. The summed E-state index contributed by atoms with van der Waals surface area (Å²) in [4.78, 5) is 11.7. The molecule has 0 saturated heterocycles. The number of phenolic OH excluding ortho intramolecular Hbond substituents is 1. The van der Waals surface area contributed by atoms with Crippen LogP contribution in [-0.2, 0) is 11.2 Å². The molecular formula is C15H23NO3. The number of methoxy groups -OCH3 is 1. The minimum Gasteiger partial charge on any atom is -0.508 e. The SMILES string of the molecule is CCCCCCNC(=O)Cc1cc(OC)ccc1O. The second-order valence-corrected chi connectivity index (χ2v) is 4.58. The van der Waals surface area contributed by atoms with E-state index in [0.717, 1.165) is 12.8 Å². The molecule has 2 N–H and O–H groups in total. The molecule has 0 aliphatic rings. The summed E-state index contributed by atoms with van der Waals surface area (Å²) >= 11 is 0. The van der Waals surface area contributed by atoms with Gasteiger partial charge in [-0.05, 0) is 24.6 Å². The quantitative estimate of drug-likeness (QED) is 0.710. The summed E-state index contributed by atoms with van der Waals surface area (Å²) in [6.07, 6.45) is 4.71. The van der Waals surface area contributed by atoms with Crippen molar-refractivity contribution in [3.63, 3.8) is 0 Å². The fourth-order valence-electron chi connectivity index (χ4n) is 1.85. The Morgan fingerprint density at radius 1 is 1.32 bits per heavy atom. The van der Waals surface area contributed by atoms with E-state index in [-0.39, 0.29) is 18.1 Å². The average Bonchev–Trinajstić information content (AvgIpc) is 2.41. The third kappa shape index (κ3) is 5.64. The number of unbranched alkanes of at least 4 members (excludes halogenated alkanes) is 3. The maximum absolute atomic E-state index is 11.7. The van der Waals surface area contributed by atoms with Crippen molar-refractivity contribution in [2.45, 2.75) is 39.0 Å². The Balaban J connectivity index is 2.39. The summed E-state index contributed by atoms with van der Waals surface area (Å²) in [5.74, 6) is 0.700. The molecule has 0 aliphatic carbocycles. The third-order valence-electron chi connectivity index (χ3n) is 2.99. The van der Waals surface area contributed by atoms with Crippen molar-refractivity contribution >= 4 is 5.91 Å². The van der Waals surface area contributed by atoms with Crippen LogP contribution < -0.4 is 10.1 Å². The van der Waals surface area contributed by atoms with Crippen LogP contribution in [0.2, 0.25) is 0 Å². The van der Waals surface area contributed by atoms with Crippen molar-refractivity contribution in [3.8, 4) is 11.5 Å². The number of phenols is 1. The molecule has 0 heterocycles. The zero-order chi connectivity index (χ0) is 14.1. The number of ether oxygens (including phenoxy) is 1. The van der Waals surface area contributed by atoms with Gasteiger partial charge in [0.05, 0.1) is 13.5 Å². The lowest BCUT2D eigenvalue weighted by Gasteiger charge is -2.08. The van der Waals surface area contributed by atoms with E-state index in [4.69, 9.17) is 4.74 Å². The second kappa shape index (κ2) is 8.40. The van der Waals surface area contributed by atoms with Gasteiger partial charge in [0.25, 0.3) is 0 Å². The lowest BCUT2D eigenvalue weighted by Crippen LogP contribution is -2.26. The molecule has 0 fully saturated rings. The fraction of sp³-hybridized carbons (Fsp3) is 0.533.